The highest BCUT2D eigenvalue weighted by molar-refractivity contribution is 5.84. The summed E-state index contributed by atoms with van der Waals surface area (Å²) in [7, 11) is 0. The van der Waals surface area contributed by atoms with E-state index in [1.807, 2.05) is 26.0 Å². The molecule has 0 saturated heterocycles. The highest BCUT2D eigenvalue weighted by atomic mass is 19.1. The Kier molecular flexibility index (Phi) is 4.65. The number of fused-ring (bicyclic) bond motifs is 1. The largest absolute Gasteiger partial charge is 0.461 e. The van der Waals surface area contributed by atoms with E-state index in [4.69, 9.17) is 9.15 Å². The number of halogens is 1. The fourth-order valence-corrected chi connectivity index (χ4v) is 2.65. The maximum absolute atomic E-state index is 13.6. The Morgan fingerprint density at radius 3 is 2.64 bits per heavy atom. The maximum atomic E-state index is 13.6. The third-order valence-corrected chi connectivity index (χ3v) is 4.20. The zero-order valence-electron chi connectivity index (χ0n) is 14.0. The van der Waals surface area contributed by atoms with Crippen LogP contribution in [0.3, 0.4) is 0 Å². The summed E-state index contributed by atoms with van der Waals surface area (Å²) in [6.45, 7) is 3.72. The van der Waals surface area contributed by atoms with Gasteiger partial charge in [0.2, 0.25) is 0 Å². The van der Waals surface area contributed by atoms with Gasteiger partial charge in [-0.1, -0.05) is 30.3 Å². The summed E-state index contributed by atoms with van der Waals surface area (Å²) in [6.07, 6.45) is -0.163. The summed E-state index contributed by atoms with van der Waals surface area (Å²) >= 11 is 0. The Bertz CT molecular complexity index is 1000. The highest BCUT2D eigenvalue weighted by Gasteiger charge is 2.13. The second-order valence-corrected chi connectivity index (χ2v) is 5.90. The van der Waals surface area contributed by atoms with Gasteiger partial charge in [-0.25, -0.2) is 9.18 Å². The predicted molar refractivity (Wildman–Crippen MR) is 91.9 cm³/mol. The summed E-state index contributed by atoms with van der Waals surface area (Å²) in [5.41, 5.74) is 2.71. The van der Waals surface area contributed by atoms with E-state index in [1.165, 1.54) is 18.2 Å². The first-order chi connectivity index (χ1) is 12.0. The molecular weight excluding hydrogens is 323 g/mol. The molecule has 0 aliphatic carbocycles. The van der Waals surface area contributed by atoms with Crippen molar-refractivity contribution in [2.45, 2.75) is 26.9 Å². The molecule has 0 spiro atoms. The van der Waals surface area contributed by atoms with Crippen LogP contribution in [0.15, 0.2) is 51.7 Å². The first-order valence-corrected chi connectivity index (χ1v) is 7.87. The summed E-state index contributed by atoms with van der Waals surface area (Å²) < 4.78 is 24.1. The van der Waals surface area contributed by atoms with Crippen LogP contribution in [0.25, 0.3) is 11.0 Å². The zero-order valence-corrected chi connectivity index (χ0v) is 14.0. The van der Waals surface area contributed by atoms with Crippen LogP contribution in [0, 0.1) is 19.7 Å². The third-order valence-electron chi connectivity index (χ3n) is 4.20. The van der Waals surface area contributed by atoms with E-state index in [-0.39, 0.29) is 18.6 Å². The lowest BCUT2D eigenvalue weighted by Crippen LogP contribution is -2.11. The van der Waals surface area contributed by atoms with Gasteiger partial charge in [0.15, 0.2) is 0 Å². The van der Waals surface area contributed by atoms with Crippen LogP contribution in [-0.4, -0.2) is 5.97 Å². The minimum atomic E-state index is -0.560. The second kappa shape index (κ2) is 6.89. The molecule has 2 aromatic carbocycles. The Hall–Kier alpha value is -2.95. The second-order valence-electron chi connectivity index (χ2n) is 5.90. The average molecular weight is 340 g/mol. The lowest BCUT2D eigenvalue weighted by atomic mass is 10.0. The van der Waals surface area contributed by atoms with Crippen molar-refractivity contribution in [3.05, 3.63) is 81.0 Å². The van der Waals surface area contributed by atoms with Crippen LogP contribution in [0.1, 0.15) is 22.3 Å². The Morgan fingerprint density at radius 1 is 1.12 bits per heavy atom. The molecule has 0 amide bonds. The van der Waals surface area contributed by atoms with E-state index in [0.717, 1.165) is 16.5 Å². The normalized spacial score (nSPS) is 10.8. The van der Waals surface area contributed by atoms with Crippen LogP contribution in [0.4, 0.5) is 4.39 Å². The molecule has 5 heteroatoms. The molecule has 1 heterocycles. The number of carbonyl (C=O) groups is 1. The number of aryl methyl sites for hydroxylation is 2. The van der Waals surface area contributed by atoms with Crippen molar-refractivity contribution in [3.63, 3.8) is 0 Å². The van der Waals surface area contributed by atoms with E-state index < -0.39 is 17.4 Å². The number of esters is 1. The van der Waals surface area contributed by atoms with Gasteiger partial charge in [-0.05, 0) is 36.6 Å². The lowest BCUT2D eigenvalue weighted by Gasteiger charge is -2.10. The molecule has 0 N–H and O–H groups in total. The minimum Gasteiger partial charge on any atom is -0.461 e. The Morgan fingerprint density at radius 2 is 1.88 bits per heavy atom. The summed E-state index contributed by atoms with van der Waals surface area (Å²) in [4.78, 5) is 23.8. The van der Waals surface area contributed by atoms with Crippen LogP contribution < -0.4 is 5.63 Å². The van der Waals surface area contributed by atoms with Gasteiger partial charge in [-0.15, -0.1) is 0 Å². The van der Waals surface area contributed by atoms with Gasteiger partial charge in [-0.3, -0.25) is 4.79 Å². The molecule has 0 atom stereocenters. The minimum absolute atomic E-state index is 0.0715. The third kappa shape index (κ3) is 3.60. The molecule has 0 aliphatic heterocycles. The van der Waals surface area contributed by atoms with Gasteiger partial charge in [0.05, 0.1) is 6.42 Å². The molecule has 3 rings (SSSR count). The van der Waals surface area contributed by atoms with Crippen molar-refractivity contribution in [1.29, 1.82) is 0 Å². The van der Waals surface area contributed by atoms with Crippen molar-refractivity contribution in [3.8, 4) is 0 Å². The number of carbonyl (C=O) groups excluding carboxylic acids is 1. The van der Waals surface area contributed by atoms with Gasteiger partial charge in [0, 0.05) is 17.0 Å². The van der Waals surface area contributed by atoms with Gasteiger partial charge in [-0.2, -0.15) is 0 Å². The van der Waals surface area contributed by atoms with Crippen molar-refractivity contribution >= 4 is 16.9 Å². The molecule has 0 aliphatic rings. The van der Waals surface area contributed by atoms with E-state index in [2.05, 4.69) is 0 Å². The molecule has 128 valence electrons. The van der Waals surface area contributed by atoms with Crippen LogP contribution in [0.2, 0.25) is 0 Å². The molecule has 0 fully saturated rings. The summed E-state index contributed by atoms with van der Waals surface area (Å²) in [6, 6.07) is 11.1. The predicted octanol–water partition coefficient (Wildman–Crippen LogP) is 3.83. The van der Waals surface area contributed by atoms with Crippen LogP contribution in [0.5, 0.6) is 0 Å². The van der Waals surface area contributed by atoms with Gasteiger partial charge in [0.1, 0.15) is 18.0 Å². The van der Waals surface area contributed by atoms with Gasteiger partial charge < -0.3 is 9.15 Å². The summed E-state index contributed by atoms with van der Waals surface area (Å²) in [5.74, 6) is -1.01. The Balaban J connectivity index is 1.82. The van der Waals surface area contributed by atoms with E-state index in [1.54, 1.807) is 12.1 Å². The molecule has 25 heavy (non-hydrogen) atoms. The standard InChI is InChI=1S/C20H17FO4/c1-12-7-8-16-15(10-19(23)25-20(16)13(12)2)11-24-18(22)9-14-5-3-4-6-17(14)21/h3-8,10H,9,11H2,1-2H3. The molecule has 0 radical (unpaired) electrons. The molecule has 3 aromatic rings. The number of hydrogen-bond donors (Lipinski definition) is 0. The van der Waals surface area contributed by atoms with Crippen molar-refractivity contribution in [2.75, 3.05) is 0 Å². The fourth-order valence-electron chi connectivity index (χ4n) is 2.65. The monoisotopic (exact) mass is 340 g/mol. The SMILES string of the molecule is Cc1ccc2c(COC(=O)Cc3ccccc3F)cc(=O)oc2c1C. The number of ether oxygens (including phenoxy) is 1. The summed E-state index contributed by atoms with van der Waals surface area (Å²) in [5, 5.41) is 0.724. The number of benzene rings is 2. The van der Waals surface area contributed by atoms with E-state index >= 15 is 0 Å². The average Bonchev–Trinajstić information content (AvgIpc) is 2.58. The van der Waals surface area contributed by atoms with Gasteiger partial charge in [0.25, 0.3) is 0 Å². The zero-order chi connectivity index (χ0) is 18.0. The van der Waals surface area contributed by atoms with E-state index in [0.29, 0.717) is 11.1 Å². The molecular formula is C20H17FO4. The van der Waals surface area contributed by atoms with Crippen molar-refractivity contribution in [1.82, 2.24) is 0 Å². The smallest absolute Gasteiger partial charge is 0.336 e. The lowest BCUT2D eigenvalue weighted by molar-refractivity contribution is -0.144. The van der Waals surface area contributed by atoms with Crippen molar-refractivity contribution in [2.24, 2.45) is 0 Å². The number of rotatable bonds is 4. The first-order valence-electron chi connectivity index (χ1n) is 7.87. The topological polar surface area (TPSA) is 56.5 Å². The van der Waals surface area contributed by atoms with Gasteiger partial charge >= 0.3 is 11.6 Å². The first kappa shape index (κ1) is 16.9. The molecule has 0 saturated carbocycles. The fraction of sp³-hybridized carbons (Fsp3) is 0.200. The molecule has 0 unspecified atom stereocenters. The quantitative estimate of drug-likeness (QED) is 0.535. The maximum Gasteiger partial charge on any atom is 0.336 e. The van der Waals surface area contributed by atoms with Crippen LogP contribution >= 0.6 is 0 Å². The molecule has 4 nitrogen and oxygen atoms in total. The van der Waals surface area contributed by atoms with Crippen LogP contribution in [-0.2, 0) is 22.6 Å². The van der Waals surface area contributed by atoms with E-state index in [9.17, 15) is 14.0 Å². The molecule has 0 bridgehead atoms. The molecule has 1 aromatic heterocycles. The van der Waals surface area contributed by atoms with Crippen molar-refractivity contribution < 1.29 is 18.3 Å². The number of hydrogen-bond acceptors (Lipinski definition) is 4. The Labute approximate surface area is 143 Å². The highest BCUT2D eigenvalue weighted by Crippen LogP contribution is 2.23.